The average molecular weight is 334 g/mol. The topological polar surface area (TPSA) is 51.2 Å². The van der Waals surface area contributed by atoms with Gasteiger partial charge in [-0.25, -0.2) is 0 Å². The molecule has 0 N–H and O–H groups in total. The Morgan fingerprint density at radius 3 is 2.62 bits per heavy atom. The van der Waals surface area contributed by atoms with Gasteiger partial charge in [-0.2, -0.15) is 0 Å². The smallest absolute Gasteiger partial charge is 0.257 e. The van der Waals surface area contributed by atoms with E-state index < -0.39 is 0 Å². The first-order valence-electron chi connectivity index (χ1n) is 8.33. The van der Waals surface area contributed by atoms with Gasteiger partial charge in [-0.3, -0.25) is 4.79 Å². The Hall–Kier alpha value is -1.79. The van der Waals surface area contributed by atoms with E-state index in [1.807, 2.05) is 4.90 Å². The third kappa shape index (κ3) is 3.21. The van der Waals surface area contributed by atoms with Crippen LogP contribution in [0.2, 0.25) is 0 Å². The lowest BCUT2D eigenvalue weighted by Gasteiger charge is -2.48. The van der Waals surface area contributed by atoms with Gasteiger partial charge in [0.1, 0.15) is 11.5 Å². The third-order valence-electron chi connectivity index (χ3n) is 5.11. The lowest BCUT2D eigenvalue weighted by Crippen LogP contribution is -2.59. The van der Waals surface area contributed by atoms with Crippen molar-refractivity contribution in [3.05, 3.63) is 23.8 Å². The summed E-state index contributed by atoms with van der Waals surface area (Å²) >= 11 is 0. The summed E-state index contributed by atoms with van der Waals surface area (Å²) < 4.78 is 15.7. The standard InChI is InChI=1S/C18H26N2O4/c1-22-9-8-19-7-6-18(11-19)12-20(13-18)17(21)15-5-4-14(23-2)10-16(15)24-3/h4-5,10H,6-9,11-13H2,1-3H3. The summed E-state index contributed by atoms with van der Waals surface area (Å²) in [5.41, 5.74) is 0.866. The van der Waals surface area contributed by atoms with Crippen LogP contribution in [0.5, 0.6) is 11.5 Å². The maximum atomic E-state index is 12.8. The van der Waals surface area contributed by atoms with Crippen LogP contribution in [0.4, 0.5) is 0 Å². The number of hydrogen-bond acceptors (Lipinski definition) is 5. The SMILES string of the molecule is COCCN1CCC2(C1)CN(C(=O)c1ccc(OC)cc1OC)C2. The zero-order chi connectivity index (χ0) is 17.2. The summed E-state index contributed by atoms with van der Waals surface area (Å²) in [7, 11) is 4.91. The van der Waals surface area contributed by atoms with Crippen molar-refractivity contribution in [2.75, 3.05) is 60.7 Å². The van der Waals surface area contributed by atoms with E-state index in [0.29, 0.717) is 17.1 Å². The van der Waals surface area contributed by atoms with Gasteiger partial charge in [0, 0.05) is 44.8 Å². The van der Waals surface area contributed by atoms with Gasteiger partial charge in [0.15, 0.2) is 0 Å². The van der Waals surface area contributed by atoms with E-state index in [-0.39, 0.29) is 11.3 Å². The van der Waals surface area contributed by atoms with Gasteiger partial charge in [0.25, 0.3) is 5.91 Å². The molecular formula is C18H26N2O4. The van der Waals surface area contributed by atoms with Crippen molar-refractivity contribution < 1.29 is 19.0 Å². The van der Waals surface area contributed by atoms with Crippen LogP contribution in [0.15, 0.2) is 18.2 Å². The number of rotatable bonds is 6. The Morgan fingerprint density at radius 1 is 1.17 bits per heavy atom. The Kier molecular flexibility index (Phi) is 4.96. The maximum absolute atomic E-state index is 12.8. The fourth-order valence-electron chi connectivity index (χ4n) is 3.75. The minimum atomic E-state index is 0.0375. The normalized spacial score (nSPS) is 19.4. The largest absolute Gasteiger partial charge is 0.497 e. The van der Waals surface area contributed by atoms with Crippen molar-refractivity contribution in [1.82, 2.24) is 9.80 Å². The van der Waals surface area contributed by atoms with Gasteiger partial charge in [-0.15, -0.1) is 0 Å². The Balaban J connectivity index is 1.61. The Morgan fingerprint density at radius 2 is 1.96 bits per heavy atom. The molecule has 2 heterocycles. The van der Waals surface area contributed by atoms with E-state index in [9.17, 15) is 4.79 Å². The van der Waals surface area contributed by atoms with Gasteiger partial charge in [0.05, 0.1) is 26.4 Å². The number of methoxy groups -OCH3 is 3. The first-order chi connectivity index (χ1) is 11.6. The summed E-state index contributed by atoms with van der Waals surface area (Å²) in [4.78, 5) is 17.1. The molecule has 132 valence electrons. The summed E-state index contributed by atoms with van der Waals surface area (Å²) in [5, 5.41) is 0. The minimum absolute atomic E-state index is 0.0375. The molecule has 1 amide bonds. The molecule has 2 aliphatic rings. The second-order valence-corrected chi connectivity index (χ2v) is 6.75. The fraction of sp³-hybridized carbons (Fsp3) is 0.611. The van der Waals surface area contributed by atoms with Gasteiger partial charge < -0.3 is 24.0 Å². The van der Waals surface area contributed by atoms with Gasteiger partial charge in [-0.05, 0) is 25.1 Å². The minimum Gasteiger partial charge on any atom is -0.497 e. The molecule has 1 spiro atoms. The lowest BCUT2D eigenvalue weighted by molar-refractivity contribution is 0.00947. The Bertz CT molecular complexity index is 599. The van der Waals surface area contributed by atoms with Crippen LogP contribution < -0.4 is 9.47 Å². The number of likely N-dealkylation sites (tertiary alicyclic amines) is 2. The molecule has 0 saturated carbocycles. The van der Waals surface area contributed by atoms with Crippen molar-refractivity contribution in [2.45, 2.75) is 6.42 Å². The van der Waals surface area contributed by atoms with Crippen molar-refractivity contribution >= 4 is 5.91 Å². The van der Waals surface area contributed by atoms with Gasteiger partial charge >= 0.3 is 0 Å². The Labute approximate surface area is 143 Å². The van der Waals surface area contributed by atoms with Crippen LogP contribution in [0.3, 0.4) is 0 Å². The number of ether oxygens (including phenoxy) is 3. The van der Waals surface area contributed by atoms with E-state index in [2.05, 4.69) is 4.90 Å². The van der Waals surface area contributed by atoms with Crippen molar-refractivity contribution in [3.63, 3.8) is 0 Å². The summed E-state index contributed by atoms with van der Waals surface area (Å²) in [5.74, 6) is 1.29. The zero-order valence-corrected chi connectivity index (χ0v) is 14.7. The first-order valence-corrected chi connectivity index (χ1v) is 8.33. The molecule has 2 aliphatic heterocycles. The van der Waals surface area contributed by atoms with Crippen molar-refractivity contribution in [3.8, 4) is 11.5 Å². The van der Waals surface area contributed by atoms with E-state index in [4.69, 9.17) is 14.2 Å². The van der Waals surface area contributed by atoms with Crippen molar-refractivity contribution in [2.24, 2.45) is 5.41 Å². The molecule has 0 aliphatic carbocycles. The second-order valence-electron chi connectivity index (χ2n) is 6.75. The molecule has 0 radical (unpaired) electrons. The van der Waals surface area contributed by atoms with Crippen molar-refractivity contribution in [1.29, 1.82) is 0 Å². The van der Waals surface area contributed by atoms with E-state index in [1.54, 1.807) is 39.5 Å². The molecule has 1 aromatic carbocycles. The maximum Gasteiger partial charge on any atom is 0.257 e. The van der Waals surface area contributed by atoms with Crippen LogP contribution in [0, 0.1) is 5.41 Å². The molecule has 0 unspecified atom stereocenters. The van der Waals surface area contributed by atoms with E-state index >= 15 is 0 Å². The quantitative estimate of drug-likeness (QED) is 0.789. The molecule has 24 heavy (non-hydrogen) atoms. The van der Waals surface area contributed by atoms with Gasteiger partial charge in [-0.1, -0.05) is 0 Å². The predicted octanol–water partition coefficient (Wildman–Crippen LogP) is 1.50. The fourth-order valence-corrected chi connectivity index (χ4v) is 3.75. The highest BCUT2D eigenvalue weighted by Gasteiger charge is 2.49. The lowest BCUT2D eigenvalue weighted by atomic mass is 9.78. The number of benzene rings is 1. The molecule has 2 fully saturated rings. The molecule has 0 aromatic heterocycles. The first kappa shape index (κ1) is 17.0. The molecule has 6 nitrogen and oxygen atoms in total. The predicted molar refractivity (Wildman–Crippen MR) is 90.8 cm³/mol. The molecule has 3 rings (SSSR count). The molecule has 0 atom stereocenters. The highest BCUT2D eigenvalue weighted by molar-refractivity contribution is 5.97. The highest BCUT2D eigenvalue weighted by Crippen LogP contribution is 2.40. The van der Waals surface area contributed by atoms with Crippen LogP contribution in [0.25, 0.3) is 0 Å². The average Bonchev–Trinajstić information content (AvgIpc) is 3.02. The molecule has 0 bridgehead atoms. The van der Waals surface area contributed by atoms with Crippen LogP contribution in [-0.2, 0) is 4.74 Å². The number of carbonyl (C=O) groups excluding carboxylic acids is 1. The van der Waals surface area contributed by atoms with Crippen LogP contribution in [-0.4, -0.2) is 76.4 Å². The summed E-state index contributed by atoms with van der Waals surface area (Å²) in [6.07, 6.45) is 1.15. The van der Waals surface area contributed by atoms with E-state index in [0.717, 1.165) is 45.8 Å². The van der Waals surface area contributed by atoms with Crippen LogP contribution in [0.1, 0.15) is 16.8 Å². The number of amides is 1. The number of nitrogens with zero attached hydrogens (tertiary/aromatic N) is 2. The van der Waals surface area contributed by atoms with Crippen LogP contribution >= 0.6 is 0 Å². The van der Waals surface area contributed by atoms with Gasteiger partial charge in [0.2, 0.25) is 0 Å². The number of hydrogen-bond donors (Lipinski definition) is 0. The molecular weight excluding hydrogens is 308 g/mol. The number of carbonyl (C=O) groups is 1. The molecule has 2 saturated heterocycles. The zero-order valence-electron chi connectivity index (χ0n) is 14.7. The third-order valence-corrected chi connectivity index (χ3v) is 5.11. The summed E-state index contributed by atoms with van der Waals surface area (Å²) in [6, 6.07) is 5.34. The monoisotopic (exact) mass is 334 g/mol. The summed E-state index contributed by atoms with van der Waals surface area (Å²) in [6.45, 7) is 5.53. The van der Waals surface area contributed by atoms with E-state index in [1.165, 1.54) is 0 Å². The molecule has 1 aromatic rings. The molecule has 6 heteroatoms. The highest BCUT2D eigenvalue weighted by atomic mass is 16.5. The second kappa shape index (κ2) is 6.99.